The average Bonchev–Trinajstić information content (AvgIpc) is 2.82. The number of amides is 1. The second kappa shape index (κ2) is 7.43. The van der Waals surface area contributed by atoms with Crippen LogP contribution in [0, 0.1) is 12.8 Å². The van der Waals surface area contributed by atoms with Crippen molar-refractivity contribution in [1.82, 2.24) is 10.3 Å². The first-order chi connectivity index (χ1) is 9.49. The number of aromatic nitrogens is 1. The normalized spacial score (nSPS) is 12.2. The number of nitrogens with zero attached hydrogens (tertiary/aromatic N) is 1. The summed E-state index contributed by atoms with van der Waals surface area (Å²) in [6, 6.07) is 5.36. The number of aryl methyl sites for hydroxylation is 1. The highest BCUT2D eigenvalue weighted by Crippen LogP contribution is 2.18. The number of carbonyl (C=O) groups is 1. The number of carbonyl (C=O) groups excluding carboxylic acids is 1. The van der Waals surface area contributed by atoms with Gasteiger partial charge in [0.1, 0.15) is 5.52 Å². The first-order valence-corrected chi connectivity index (χ1v) is 6.87. The molecule has 0 aliphatic rings. The molecule has 3 N–H and O–H groups in total. The molecular weight excluding hydrogens is 290 g/mol. The minimum absolute atomic E-state index is 0. The van der Waals surface area contributed by atoms with Crippen LogP contribution in [-0.4, -0.2) is 23.5 Å². The molecule has 0 bridgehead atoms. The van der Waals surface area contributed by atoms with Crippen LogP contribution < -0.4 is 11.1 Å². The van der Waals surface area contributed by atoms with E-state index in [-0.39, 0.29) is 24.2 Å². The molecule has 0 aliphatic carbocycles. The molecule has 0 radical (unpaired) electrons. The van der Waals surface area contributed by atoms with Crippen molar-refractivity contribution in [3.63, 3.8) is 0 Å². The van der Waals surface area contributed by atoms with Crippen molar-refractivity contribution in [3.8, 4) is 0 Å². The Balaban J connectivity index is 0.00000220. The van der Waals surface area contributed by atoms with Gasteiger partial charge < -0.3 is 15.5 Å². The number of oxazole rings is 1. The Bertz CT molecular complexity index is 610. The van der Waals surface area contributed by atoms with E-state index in [4.69, 9.17) is 10.2 Å². The third-order valence-electron chi connectivity index (χ3n) is 3.32. The number of fused-ring (bicyclic) bond motifs is 1. The van der Waals surface area contributed by atoms with E-state index in [0.29, 0.717) is 18.9 Å². The number of benzene rings is 1. The Morgan fingerprint density at radius 1 is 1.43 bits per heavy atom. The van der Waals surface area contributed by atoms with Crippen LogP contribution in [0.1, 0.15) is 25.3 Å². The molecule has 0 saturated carbocycles. The first-order valence-electron chi connectivity index (χ1n) is 6.87. The van der Waals surface area contributed by atoms with Crippen molar-refractivity contribution in [3.05, 3.63) is 29.7 Å². The van der Waals surface area contributed by atoms with Gasteiger partial charge in [-0.3, -0.25) is 4.79 Å². The van der Waals surface area contributed by atoms with Crippen LogP contribution in [0.25, 0.3) is 11.1 Å². The molecular formula is C15H22ClN3O2. The number of nitrogens with one attached hydrogen (secondary N) is 1. The van der Waals surface area contributed by atoms with Crippen LogP contribution in [0.4, 0.5) is 0 Å². The summed E-state index contributed by atoms with van der Waals surface area (Å²) in [7, 11) is 0. The number of para-hydroxylation sites is 1. The summed E-state index contributed by atoms with van der Waals surface area (Å²) < 4.78 is 5.64. The SMILES string of the molecule is Cc1cccc2oc(CCNC(=O)C(N)C(C)C)nc12.Cl. The van der Waals surface area contributed by atoms with Gasteiger partial charge in [-0.1, -0.05) is 26.0 Å². The van der Waals surface area contributed by atoms with Crippen molar-refractivity contribution in [2.45, 2.75) is 33.2 Å². The van der Waals surface area contributed by atoms with Crippen molar-refractivity contribution in [2.75, 3.05) is 6.54 Å². The molecule has 116 valence electrons. The molecule has 5 nitrogen and oxygen atoms in total. The first kappa shape index (κ1) is 17.5. The maximum atomic E-state index is 11.7. The maximum absolute atomic E-state index is 11.7. The van der Waals surface area contributed by atoms with Gasteiger partial charge >= 0.3 is 0 Å². The fourth-order valence-corrected chi connectivity index (χ4v) is 1.95. The highest BCUT2D eigenvalue weighted by molar-refractivity contribution is 5.85. The molecule has 1 amide bonds. The lowest BCUT2D eigenvalue weighted by atomic mass is 10.1. The van der Waals surface area contributed by atoms with E-state index < -0.39 is 6.04 Å². The summed E-state index contributed by atoms with van der Waals surface area (Å²) in [5, 5.41) is 2.81. The van der Waals surface area contributed by atoms with E-state index in [1.165, 1.54) is 0 Å². The summed E-state index contributed by atoms with van der Waals surface area (Å²) in [6.45, 7) is 6.32. The van der Waals surface area contributed by atoms with Gasteiger partial charge in [-0.2, -0.15) is 0 Å². The standard InChI is InChI=1S/C15H21N3O2.ClH/c1-9(2)13(16)15(19)17-8-7-12-18-14-10(3)5-4-6-11(14)20-12;/h4-6,9,13H,7-8,16H2,1-3H3,(H,17,19);1H. The third-order valence-corrected chi connectivity index (χ3v) is 3.32. The molecule has 0 spiro atoms. The molecule has 2 aromatic rings. The summed E-state index contributed by atoms with van der Waals surface area (Å²) in [5.74, 6) is 0.627. The Labute approximate surface area is 130 Å². The van der Waals surface area contributed by atoms with Crippen molar-refractivity contribution in [1.29, 1.82) is 0 Å². The largest absolute Gasteiger partial charge is 0.441 e. The monoisotopic (exact) mass is 311 g/mol. The molecule has 0 aliphatic heterocycles. The zero-order valence-electron chi connectivity index (χ0n) is 12.6. The number of halogens is 1. The third kappa shape index (κ3) is 4.19. The highest BCUT2D eigenvalue weighted by atomic mass is 35.5. The van der Waals surface area contributed by atoms with Gasteiger partial charge in [0.2, 0.25) is 5.91 Å². The average molecular weight is 312 g/mol. The molecule has 0 saturated heterocycles. The lowest BCUT2D eigenvalue weighted by Crippen LogP contribution is -2.44. The Kier molecular flexibility index (Phi) is 6.18. The van der Waals surface area contributed by atoms with Gasteiger partial charge in [0.05, 0.1) is 6.04 Å². The van der Waals surface area contributed by atoms with E-state index >= 15 is 0 Å². The van der Waals surface area contributed by atoms with E-state index in [1.54, 1.807) is 0 Å². The smallest absolute Gasteiger partial charge is 0.237 e. The lowest BCUT2D eigenvalue weighted by Gasteiger charge is -2.14. The fraction of sp³-hybridized carbons (Fsp3) is 0.467. The van der Waals surface area contributed by atoms with Gasteiger partial charge in [0.15, 0.2) is 11.5 Å². The van der Waals surface area contributed by atoms with Crippen LogP contribution in [0.15, 0.2) is 22.6 Å². The van der Waals surface area contributed by atoms with Crippen LogP contribution >= 0.6 is 12.4 Å². The molecule has 1 atom stereocenters. The van der Waals surface area contributed by atoms with E-state index in [0.717, 1.165) is 16.7 Å². The molecule has 21 heavy (non-hydrogen) atoms. The van der Waals surface area contributed by atoms with E-state index in [2.05, 4.69) is 10.3 Å². The van der Waals surface area contributed by atoms with Gasteiger partial charge in [-0.25, -0.2) is 4.98 Å². The summed E-state index contributed by atoms with van der Waals surface area (Å²) in [4.78, 5) is 16.2. The Morgan fingerprint density at radius 2 is 2.14 bits per heavy atom. The molecule has 0 fully saturated rings. The van der Waals surface area contributed by atoms with Crippen LogP contribution in [0.3, 0.4) is 0 Å². The summed E-state index contributed by atoms with van der Waals surface area (Å²) in [5.41, 5.74) is 8.52. The number of rotatable bonds is 5. The fourth-order valence-electron chi connectivity index (χ4n) is 1.95. The minimum Gasteiger partial charge on any atom is -0.441 e. The quantitative estimate of drug-likeness (QED) is 0.887. The summed E-state index contributed by atoms with van der Waals surface area (Å²) in [6.07, 6.45) is 0.560. The zero-order chi connectivity index (χ0) is 14.7. The highest BCUT2D eigenvalue weighted by Gasteiger charge is 2.16. The topological polar surface area (TPSA) is 81.2 Å². The molecule has 1 heterocycles. The minimum atomic E-state index is -0.471. The lowest BCUT2D eigenvalue weighted by molar-refractivity contribution is -0.123. The Hall–Kier alpha value is -1.59. The van der Waals surface area contributed by atoms with E-state index in [1.807, 2.05) is 39.0 Å². The van der Waals surface area contributed by atoms with Gasteiger partial charge in [-0.15, -0.1) is 12.4 Å². The number of hydrogen-bond donors (Lipinski definition) is 2. The van der Waals surface area contributed by atoms with Crippen LogP contribution in [0.2, 0.25) is 0 Å². The maximum Gasteiger partial charge on any atom is 0.237 e. The van der Waals surface area contributed by atoms with Gasteiger partial charge in [-0.05, 0) is 24.5 Å². The molecule has 1 unspecified atom stereocenters. The molecule has 1 aromatic heterocycles. The summed E-state index contributed by atoms with van der Waals surface area (Å²) >= 11 is 0. The molecule has 6 heteroatoms. The van der Waals surface area contributed by atoms with E-state index in [9.17, 15) is 4.79 Å². The van der Waals surface area contributed by atoms with Crippen molar-refractivity contribution in [2.24, 2.45) is 11.7 Å². The number of hydrogen-bond acceptors (Lipinski definition) is 4. The van der Waals surface area contributed by atoms with Crippen molar-refractivity contribution >= 4 is 29.4 Å². The van der Waals surface area contributed by atoms with Crippen LogP contribution in [0.5, 0.6) is 0 Å². The van der Waals surface area contributed by atoms with Crippen LogP contribution in [-0.2, 0) is 11.2 Å². The van der Waals surface area contributed by atoms with Gasteiger partial charge in [0.25, 0.3) is 0 Å². The second-order valence-electron chi connectivity index (χ2n) is 5.34. The predicted molar refractivity (Wildman–Crippen MR) is 85.5 cm³/mol. The molecule has 1 aromatic carbocycles. The van der Waals surface area contributed by atoms with Crippen molar-refractivity contribution < 1.29 is 9.21 Å². The number of nitrogens with two attached hydrogens (primary N) is 1. The Morgan fingerprint density at radius 3 is 2.76 bits per heavy atom. The van der Waals surface area contributed by atoms with Gasteiger partial charge in [0, 0.05) is 13.0 Å². The zero-order valence-corrected chi connectivity index (χ0v) is 13.4. The predicted octanol–water partition coefficient (Wildman–Crippen LogP) is 2.20. The second-order valence-corrected chi connectivity index (χ2v) is 5.34. The molecule has 2 rings (SSSR count).